The molecule has 3 aromatic rings. The van der Waals surface area contributed by atoms with E-state index in [4.69, 9.17) is 0 Å². The van der Waals surface area contributed by atoms with Crippen LogP contribution in [0.5, 0.6) is 0 Å². The first-order valence-electron chi connectivity index (χ1n) is 12.2. The van der Waals surface area contributed by atoms with E-state index in [0.717, 1.165) is 23.3 Å². The van der Waals surface area contributed by atoms with Crippen LogP contribution in [0.15, 0.2) is 83.8 Å². The summed E-state index contributed by atoms with van der Waals surface area (Å²) in [5.74, 6) is -1.19. The summed E-state index contributed by atoms with van der Waals surface area (Å²) in [4.78, 5) is 27.6. The molecular weight excluding hydrogens is 531 g/mol. The van der Waals surface area contributed by atoms with Crippen LogP contribution in [0.2, 0.25) is 0 Å². The molecule has 0 aromatic heterocycles. The van der Waals surface area contributed by atoms with Crippen molar-refractivity contribution in [2.24, 2.45) is 0 Å². The smallest absolute Gasteiger partial charge is 0.357 e. The van der Waals surface area contributed by atoms with E-state index >= 15 is 0 Å². The van der Waals surface area contributed by atoms with Crippen LogP contribution in [-0.4, -0.2) is 44.8 Å². The van der Waals surface area contributed by atoms with Crippen molar-refractivity contribution < 1.29 is 31.2 Å². The summed E-state index contributed by atoms with van der Waals surface area (Å²) in [6.45, 7) is 2.73. The lowest BCUT2D eigenvalue weighted by molar-refractivity contribution is -0.140. The van der Waals surface area contributed by atoms with Crippen LogP contribution in [0.25, 0.3) is 0 Å². The average molecular weight is 562 g/mol. The van der Waals surface area contributed by atoms with Crippen molar-refractivity contribution >= 4 is 27.5 Å². The van der Waals surface area contributed by atoms with Gasteiger partial charge in [-0.1, -0.05) is 55.5 Å². The highest BCUT2D eigenvalue weighted by Gasteiger charge is 2.35. The molecule has 0 bridgehead atoms. The van der Waals surface area contributed by atoms with Crippen molar-refractivity contribution in [2.75, 3.05) is 17.9 Å². The molecule has 0 spiro atoms. The van der Waals surface area contributed by atoms with Gasteiger partial charge in [0.1, 0.15) is 12.6 Å². The third-order valence-corrected chi connectivity index (χ3v) is 8.09. The van der Waals surface area contributed by atoms with E-state index in [9.17, 15) is 31.2 Å². The lowest BCUT2D eigenvalue weighted by atomic mass is 10.1. The van der Waals surface area contributed by atoms with Gasteiger partial charge in [0.05, 0.1) is 16.1 Å². The van der Waals surface area contributed by atoms with Crippen molar-refractivity contribution in [3.05, 3.63) is 95.6 Å². The van der Waals surface area contributed by atoms with Crippen LogP contribution in [0, 0.1) is 6.92 Å². The molecule has 0 aliphatic heterocycles. The second kappa shape index (κ2) is 12.3. The van der Waals surface area contributed by atoms with E-state index in [1.807, 2.05) is 19.1 Å². The van der Waals surface area contributed by atoms with Crippen LogP contribution >= 0.6 is 0 Å². The first kappa shape index (κ1) is 29.7. The molecule has 0 fully saturated rings. The summed E-state index contributed by atoms with van der Waals surface area (Å²) >= 11 is 0. The number of nitrogens with one attached hydrogen (secondary N) is 1. The molecule has 0 saturated heterocycles. The van der Waals surface area contributed by atoms with Crippen LogP contribution in [0.4, 0.5) is 18.9 Å². The van der Waals surface area contributed by atoms with Gasteiger partial charge in [0.2, 0.25) is 11.8 Å². The Morgan fingerprint density at radius 1 is 0.949 bits per heavy atom. The Morgan fingerprint density at radius 3 is 2.18 bits per heavy atom. The maximum absolute atomic E-state index is 13.8. The number of benzene rings is 3. The van der Waals surface area contributed by atoms with Gasteiger partial charge in [0.15, 0.2) is 0 Å². The monoisotopic (exact) mass is 561 g/mol. The Kier molecular flexibility index (Phi) is 9.39. The van der Waals surface area contributed by atoms with Crippen molar-refractivity contribution in [2.45, 2.75) is 43.9 Å². The maximum Gasteiger partial charge on any atom is 0.416 e. The fourth-order valence-corrected chi connectivity index (χ4v) is 5.57. The topological polar surface area (TPSA) is 86.8 Å². The zero-order valence-electron chi connectivity index (χ0n) is 21.8. The number of carbonyl (C=O) groups is 2. The lowest BCUT2D eigenvalue weighted by Gasteiger charge is -2.33. The summed E-state index contributed by atoms with van der Waals surface area (Å²) < 4.78 is 68.6. The molecular formula is C28H30F3N3O4S. The number of likely N-dealkylation sites (N-methyl/N-ethyl adjacent to an activating group) is 1. The summed E-state index contributed by atoms with van der Waals surface area (Å²) in [5, 5.41) is 2.53. The fraction of sp³-hybridized carbons (Fsp3) is 0.286. The molecule has 0 radical (unpaired) electrons. The Labute approximate surface area is 226 Å². The van der Waals surface area contributed by atoms with Crippen LogP contribution in [0.1, 0.15) is 30.0 Å². The van der Waals surface area contributed by atoms with Gasteiger partial charge in [-0.05, 0) is 54.8 Å². The molecule has 1 N–H and O–H groups in total. The summed E-state index contributed by atoms with van der Waals surface area (Å²) in [7, 11) is -3.04. The highest BCUT2D eigenvalue weighted by molar-refractivity contribution is 7.92. The number of halogens is 3. The molecule has 0 aliphatic carbocycles. The van der Waals surface area contributed by atoms with E-state index in [-0.39, 0.29) is 23.5 Å². The number of rotatable bonds is 10. The summed E-state index contributed by atoms with van der Waals surface area (Å²) in [6.07, 6.45) is -4.50. The second-order valence-corrected chi connectivity index (χ2v) is 10.7. The van der Waals surface area contributed by atoms with Crippen molar-refractivity contribution in [3.63, 3.8) is 0 Å². The largest absolute Gasteiger partial charge is 0.416 e. The highest BCUT2D eigenvalue weighted by atomic mass is 32.2. The first-order chi connectivity index (χ1) is 18.4. The number of aryl methyl sites for hydroxylation is 1. The van der Waals surface area contributed by atoms with Crippen molar-refractivity contribution in [1.29, 1.82) is 0 Å². The quantitative estimate of drug-likeness (QED) is 0.387. The Bertz CT molecular complexity index is 1410. The van der Waals surface area contributed by atoms with Gasteiger partial charge in [0.25, 0.3) is 10.0 Å². The summed E-state index contributed by atoms with van der Waals surface area (Å²) in [5.41, 5.74) is 0.207. The third kappa shape index (κ3) is 6.97. The number of nitrogens with zero attached hydrogens (tertiary/aromatic N) is 2. The zero-order valence-corrected chi connectivity index (χ0v) is 22.6. The zero-order chi connectivity index (χ0) is 28.8. The van der Waals surface area contributed by atoms with Crippen molar-refractivity contribution in [3.8, 4) is 0 Å². The van der Waals surface area contributed by atoms with Gasteiger partial charge in [-0.2, -0.15) is 13.2 Å². The molecule has 0 aliphatic rings. The molecule has 3 rings (SSSR count). The highest BCUT2D eigenvalue weighted by Crippen LogP contribution is 2.33. The summed E-state index contributed by atoms with van der Waals surface area (Å²) in [6, 6.07) is 17.2. The Hall–Kier alpha value is -3.86. The van der Waals surface area contributed by atoms with E-state index in [1.54, 1.807) is 25.1 Å². The van der Waals surface area contributed by atoms with Gasteiger partial charge >= 0.3 is 6.18 Å². The average Bonchev–Trinajstić information content (AvgIpc) is 2.92. The van der Waals surface area contributed by atoms with Gasteiger partial charge in [-0.25, -0.2) is 8.42 Å². The standard InChI is InChI=1S/C28H30F3N3O4S/c1-4-25(27(36)32-3)33(18-21-12-9-8-11-20(21)2)26(35)19-34(39(37,38)24-15-6-5-7-16-24)23-14-10-13-22(17-23)28(29,30)31/h5-17,25H,4,18-19H2,1-3H3,(H,32,36)/t25-/m0/s1. The Balaban J connectivity index is 2.12. The van der Waals surface area contributed by atoms with Gasteiger partial charge < -0.3 is 10.2 Å². The Morgan fingerprint density at radius 2 is 1.59 bits per heavy atom. The molecule has 208 valence electrons. The van der Waals surface area contributed by atoms with E-state index in [2.05, 4.69) is 5.32 Å². The number of carbonyl (C=O) groups excluding carboxylic acids is 2. The molecule has 0 unspecified atom stereocenters. The van der Waals surface area contributed by atoms with Gasteiger partial charge in [-0.3, -0.25) is 13.9 Å². The second-order valence-electron chi connectivity index (χ2n) is 8.86. The predicted molar refractivity (Wildman–Crippen MR) is 142 cm³/mol. The molecule has 39 heavy (non-hydrogen) atoms. The van der Waals surface area contributed by atoms with E-state index in [0.29, 0.717) is 10.4 Å². The molecule has 0 heterocycles. The molecule has 1 atom stereocenters. The number of anilines is 1. The lowest BCUT2D eigenvalue weighted by Crippen LogP contribution is -2.51. The van der Waals surface area contributed by atoms with Gasteiger partial charge in [0, 0.05) is 13.6 Å². The molecule has 7 nitrogen and oxygen atoms in total. The van der Waals surface area contributed by atoms with E-state index in [1.165, 1.54) is 42.3 Å². The number of hydrogen-bond acceptors (Lipinski definition) is 4. The fourth-order valence-electron chi connectivity index (χ4n) is 4.14. The van der Waals surface area contributed by atoms with Crippen LogP contribution in [0.3, 0.4) is 0 Å². The number of hydrogen-bond donors (Lipinski definition) is 1. The molecule has 3 aromatic carbocycles. The number of sulfonamides is 1. The maximum atomic E-state index is 13.8. The van der Waals surface area contributed by atoms with Crippen LogP contribution < -0.4 is 9.62 Å². The third-order valence-electron chi connectivity index (χ3n) is 6.31. The normalized spacial score (nSPS) is 12.5. The molecule has 0 saturated carbocycles. The number of amides is 2. The van der Waals surface area contributed by atoms with Gasteiger partial charge in [-0.15, -0.1) is 0 Å². The minimum absolute atomic E-state index is 0.000745. The number of alkyl halides is 3. The van der Waals surface area contributed by atoms with Crippen LogP contribution in [-0.2, 0) is 32.3 Å². The minimum atomic E-state index is -4.73. The minimum Gasteiger partial charge on any atom is -0.357 e. The SMILES string of the molecule is CC[C@@H](C(=O)NC)N(Cc1ccccc1C)C(=O)CN(c1cccc(C(F)(F)F)c1)S(=O)(=O)c1ccccc1. The van der Waals surface area contributed by atoms with Crippen molar-refractivity contribution in [1.82, 2.24) is 10.2 Å². The van der Waals surface area contributed by atoms with E-state index < -0.39 is 46.2 Å². The first-order valence-corrected chi connectivity index (χ1v) is 13.6. The molecule has 2 amide bonds. The molecule has 11 heteroatoms. The predicted octanol–water partition coefficient (Wildman–Crippen LogP) is 4.76.